The summed E-state index contributed by atoms with van der Waals surface area (Å²) in [4.78, 5) is 24.4. The number of primary amides is 1. The minimum Gasteiger partial charge on any atom is -0.469 e. The maximum absolute atomic E-state index is 12.5. The molecule has 1 fully saturated rings. The van der Waals surface area contributed by atoms with Crippen LogP contribution in [0.5, 0.6) is 0 Å². The summed E-state index contributed by atoms with van der Waals surface area (Å²) in [6.07, 6.45) is 7.04. The second-order valence-electron chi connectivity index (χ2n) is 8.15. The van der Waals surface area contributed by atoms with Crippen molar-refractivity contribution in [3.63, 3.8) is 0 Å². The molecule has 1 aromatic carbocycles. The van der Waals surface area contributed by atoms with Gasteiger partial charge >= 0.3 is 5.97 Å². The van der Waals surface area contributed by atoms with E-state index >= 15 is 0 Å². The number of aryl methyl sites for hydroxylation is 1. The van der Waals surface area contributed by atoms with Gasteiger partial charge < -0.3 is 15.0 Å². The summed E-state index contributed by atoms with van der Waals surface area (Å²) in [6.45, 7) is 4.89. The number of esters is 1. The maximum atomic E-state index is 12.5. The first-order valence-corrected chi connectivity index (χ1v) is 10.6. The number of nitrogens with zero attached hydrogens (tertiary/aromatic N) is 1. The number of benzene rings is 1. The monoisotopic (exact) mass is 396 g/mol. The number of rotatable bonds is 7. The van der Waals surface area contributed by atoms with Crippen LogP contribution in [0.2, 0.25) is 0 Å². The van der Waals surface area contributed by atoms with Gasteiger partial charge in [0.15, 0.2) is 0 Å². The van der Waals surface area contributed by atoms with Crippen molar-refractivity contribution in [1.82, 2.24) is 4.57 Å². The van der Waals surface area contributed by atoms with E-state index in [4.69, 9.17) is 10.5 Å². The zero-order valence-corrected chi connectivity index (χ0v) is 17.8. The average Bonchev–Trinajstić information content (AvgIpc) is 2.99. The Kier molecular flexibility index (Phi) is 6.78. The number of carbonyl (C=O) groups is 2. The molecule has 1 heterocycles. The lowest BCUT2D eigenvalue weighted by Gasteiger charge is -2.24. The summed E-state index contributed by atoms with van der Waals surface area (Å²) in [7, 11) is 1.41. The normalized spacial score (nSPS) is 14.7. The van der Waals surface area contributed by atoms with E-state index in [2.05, 4.69) is 4.57 Å². The molecule has 0 radical (unpaired) electrons. The van der Waals surface area contributed by atoms with E-state index < -0.39 is 5.91 Å². The maximum Gasteiger partial charge on any atom is 0.305 e. The first kappa shape index (κ1) is 21.2. The Labute approximate surface area is 173 Å². The molecule has 5 heteroatoms. The molecule has 1 aliphatic carbocycles. The highest BCUT2D eigenvalue weighted by molar-refractivity contribution is 6.02. The summed E-state index contributed by atoms with van der Waals surface area (Å²) < 4.78 is 7.13. The van der Waals surface area contributed by atoms with E-state index in [1.165, 1.54) is 39.2 Å². The first-order chi connectivity index (χ1) is 13.9. The lowest BCUT2D eigenvalue weighted by Crippen LogP contribution is -2.18. The van der Waals surface area contributed by atoms with Gasteiger partial charge in [-0.05, 0) is 50.2 Å². The number of carbonyl (C=O) groups excluding carboxylic acids is 2. The van der Waals surface area contributed by atoms with Crippen LogP contribution in [-0.4, -0.2) is 23.6 Å². The Bertz CT molecular complexity index is 892. The van der Waals surface area contributed by atoms with E-state index in [0.717, 1.165) is 34.6 Å². The predicted molar refractivity (Wildman–Crippen MR) is 115 cm³/mol. The molecule has 0 atom stereocenters. The number of aromatic nitrogens is 1. The third kappa shape index (κ3) is 4.55. The second kappa shape index (κ2) is 9.29. The molecule has 1 aliphatic rings. The molecule has 5 nitrogen and oxygen atoms in total. The minimum atomic E-state index is -0.414. The van der Waals surface area contributed by atoms with Crippen molar-refractivity contribution in [2.24, 2.45) is 11.7 Å². The van der Waals surface area contributed by atoms with Gasteiger partial charge in [0.2, 0.25) is 0 Å². The first-order valence-electron chi connectivity index (χ1n) is 10.6. The number of hydrogen-bond acceptors (Lipinski definition) is 3. The van der Waals surface area contributed by atoms with E-state index in [0.29, 0.717) is 17.9 Å². The van der Waals surface area contributed by atoms with Gasteiger partial charge in [-0.2, -0.15) is 0 Å². The standard InChI is InChI=1S/C24H32N2O3/c1-16-9-7-8-12-19(16)23-20(13-14-21(27)29-3)26(17(2)22(23)24(25)28)15-18-10-5-4-6-11-18/h7-9,12,18H,4-6,10-11,13-15H2,1-3H3,(H2,25,28). The Morgan fingerprint density at radius 3 is 2.45 bits per heavy atom. The van der Waals surface area contributed by atoms with Crippen LogP contribution in [0.3, 0.4) is 0 Å². The molecular formula is C24H32N2O3. The SMILES string of the molecule is COC(=O)CCc1c(-c2ccccc2C)c(C(N)=O)c(C)n1CC1CCCCC1. The number of ether oxygens (including phenoxy) is 1. The smallest absolute Gasteiger partial charge is 0.305 e. The third-order valence-electron chi connectivity index (χ3n) is 6.25. The molecule has 3 rings (SSSR count). The fourth-order valence-electron chi connectivity index (χ4n) is 4.70. The number of methoxy groups -OCH3 is 1. The van der Waals surface area contributed by atoms with Crippen molar-refractivity contribution in [3.8, 4) is 11.1 Å². The van der Waals surface area contributed by atoms with E-state index in [1.54, 1.807) is 0 Å². The number of nitrogens with two attached hydrogens (primary N) is 1. The Hall–Kier alpha value is -2.56. The Morgan fingerprint density at radius 1 is 1.14 bits per heavy atom. The van der Waals surface area contributed by atoms with Gasteiger partial charge in [0, 0.05) is 23.5 Å². The van der Waals surface area contributed by atoms with Crippen LogP contribution in [0.4, 0.5) is 0 Å². The largest absolute Gasteiger partial charge is 0.469 e. The average molecular weight is 397 g/mol. The quantitative estimate of drug-likeness (QED) is 0.697. The summed E-state index contributed by atoms with van der Waals surface area (Å²) in [6, 6.07) is 8.04. The molecule has 1 aromatic heterocycles. The van der Waals surface area contributed by atoms with Crippen LogP contribution < -0.4 is 5.73 Å². The zero-order chi connectivity index (χ0) is 21.0. The lowest BCUT2D eigenvalue weighted by molar-refractivity contribution is -0.140. The molecule has 156 valence electrons. The van der Waals surface area contributed by atoms with Crippen molar-refractivity contribution in [2.75, 3.05) is 7.11 Å². The Morgan fingerprint density at radius 2 is 1.83 bits per heavy atom. The van der Waals surface area contributed by atoms with Crippen LogP contribution in [0.15, 0.2) is 24.3 Å². The predicted octanol–water partition coefficient (Wildman–Crippen LogP) is 4.56. The fraction of sp³-hybridized carbons (Fsp3) is 0.500. The van der Waals surface area contributed by atoms with Crippen LogP contribution in [-0.2, 0) is 22.5 Å². The van der Waals surface area contributed by atoms with Crippen LogP contribution in [0.25, 0.3) is 11.1 Å². The Balaban J connectivity index is 2.15. The molecule has 2 N–H and O–H groups in total. The van der Waals surface area contributed by atoms with Crippen molar-refractivity contribution in [2.45, 2.75) is 65.3 Å². The summed E-state index contributed by atoms with van der Waals surface area (Å²) in [5.41, 5.74) is 11.3. The van der Waals surface area contributed by atoms with E-state index in [-0.39, 0.29) is 12.4 Å². The zero-order valence-electron chi connectivity index (χ0n) is 17.8. The van der Waals surface area contributed by atoms with Gasteiger partial charge in [-0.25, -0.2) is 0 Å². The van der Waals surface area contributed by atoms with Crippen molar-refractivity contribution in [1.29, 1.82) is 0 Å². The molecule has 0 bridgehead atoms. The molecule has 0 unspecified atom stereocenters. The lowest BCUT2D eigenvalue weighted by atomic mass is 9.89. The highest BCUT2D eigenvalue weighted by atomic mass is 16.5. The molecule has 0 aliphatic heterocycles. The van der Waals surface area contributed by atoms with Gasteiger partial charge in [-0.15, -0.1) is 0 Å². The molecule has 1 saturated carbocycles. The van der Waals surface area contributed by atoms with E-state index in [9.17, 15) is 9.59 Å². The highest BCUT2D eigenvalue weighted by Crippen LogP contribution is 2.37. The molecule has 29 heavy (non-hydrogen) atoms. The molecule has 0 spiro atoms. The van der Waals surface area contributed by atoms with Gasteiger partial charge in [0.1, 0.15) is 0 Å². The summed E-state index contributed by atoms with van der Waals surface area (Å²) >= 11 is 0. The number of amides is 1. The van der Waals surface area contributed by atoms with Crippen LogP contribution in [0.1, 0.15) is 65.8 Å². The van der Waals surface area contributed by atoms with Crippen LogP contribution in [0, 0.1) is 19.8 Å². The molecule has 1 amide bonds. The fourth-order valence-corrected chi connectivity index (χ4v) is 4.70. The number of hydrogen-bond donors (Lipinski definition) is 1. The van der Waals surface area contributed by atoms with Crippen LogP contribution >= 0.6 is 0 Å². The van der Waals surface area contributed by atoms with Gasteiger partial charge in [-0.1, -0.05) is 43.5 Å². The van der Waals surface area contributed by atoms with Gasteiger partial charge in [0.05, 0.1) is 19.1 Å². The minimum absolute atomic E-state index is 0.246. The molecular weight excluding hydrogens is 364 g/mol. The van der Waals surface area contributed by atoms with Gasteiger partial charge in [-0.3, -0.25) is 9.59 Å². The van der Waals surface area contributed by atoms with Crippen molar-refractivity contribution < 1.29 is 14.3 Å². The highest BCUT2D eigenvalue weighted by Gasteiger charge is 2.27. The summed E-state index contributed by atoms with van der Waals surface area (Å²) in [5, 5.41) is 0. The molecule has 2 aromatic rings. The van der Waals surface area contributed by atoms with Gasteiger partial charge in [0.25, 0.3) is 5.91 Å². The van der Waals surface area contributed by atoms with Crippen molar-refractivity contribution in [3.05, 3.63) is 46.8 Å². The summed E-state index contributed by atoms with van der Waals surface area (Å²) in [5.74, 6) is -0.0657. The topological polar surface area (TPSA) is 74.3 Å². The third-order valence-corrected chi connectivity index (χ3v) is 6.25. The van der Waals surface area contributed by atoms with Crippen molar-refractivity contribution >= 4 is 11.9 Å². The molecule has 0 saturated heterocycles. The van der Waals surface area contributed by atoms with E-state index in [1.807, 2.05) is 38.1 Å². The second-order valence-corrected chi connectivity index (χ2v) is 8.15.